The van der Waals surface area contributed by atoms with Crippen LogP contribution in [0.2, 0.25) is 0 Å². The molecule has 3 heterocycles. The number of benzene rings is 1. The van der Waals surface area contributed by atoms with Crippen LogP contribution in [-0.2, 0) is 44.0 Å². The number of carbonyl (C=O) groups excluding carboxylic acids is 1. The minimum absolute atomic E-state index is 0.620. The van der Waals surface area contributed by atoms with Gasteiger partial charge in [0.15, 0.2) is 11.6 Å². The zero-order chi connectivity index (χ0) is 24.8. The number of rotatable bonds is 5. The van der Waals surface area contributed by atoms with Crippen LogP contribution < -0.4 is 9.46 Å². The molecule has 6 atom stereocenters. The highest BCUT2D eigenvalue weighted by molar-refractivity contribution is 7.90. The summed E-state index contributed by atoms with van der Waals surface area (Å²) in [6, 6.07) is -1.23. The van der Waals surface area contributed by atoms with Gasteiger partial charge in [0.25, 0.3) is 10.1 Å². The molecule has 33 heavy (non-hydrogen) atoms. The zero-order valence-corrected chi connectivity index (χ0v) is 18.1. The Balaban J connectivity index is 1.74. The maximum atomic E-state index is 14.2. The topological polar surface area (TPSA) is 182 Å². The second-order valence-electron chi connectivity index (χ2n) is 7.30. The van der Waals surface area contributed by atoms with Gasteiger partial charge >= 0.3 is 5.97 Å². The minimum atomic E-state index is -6.03. The van der Waals surface area contributed by atoms with E-state index in [0.717, 1.165) is 0 Å². The first-order valence-corrected chi connectivity index (χ1v) is 13.3. The molecule has 3 saturated heterocycles. The van der Waals surface area contributed by atoms with Crippen molar-refractivity contribution in [2.45, 2.75) is 34.5 Å². The largest absolute Gasteiger partial charge is 0.744 e. The van der Waals surface area contributed by atoms with Crippen molar-refractivity contribution in [3.8, 4) is 5.75 Å². The fraction of sp³-hybridized carbons (Fsp3) is 0.500. The Labute approximate surface area is 182 Å². The molecular formula is C14H10F4NO11S3-. The maximum Gasteiger partial charge on any atom is 0.318 e. The Hall–Kier alpha value is -1.90. The lowest BCUT2D eigenvalue weighted by Gasteiger charge is -2.27. The van der Waals surface area contributed by atoms with Crippen LogP contribution in [0, 0.1) is 29.2 Å². The molecule has 6 unspecified atom stereocenters. The number of carbonyl (C=O) groups is 1. The van der Waals surface area contributed by atoms with Crippen molar-refractivity contribution in [3.63, 3.8) is 0 Å². The van der Waals surface area contributed by atoms with E-state index in [1.54, 1.807) is 0 Å². The van der Waals surface area contributed by atoms with Gasteiger partial charge < -0.3 is 14.0 Å². The van der Waals surface area contributed by atoms with E-state index < -0.39 is 106 Å². The van der Waals surface area contributed by atoms with Gasteiger partial charge in [-0.3, -0.25) is 8.98 Å². The molecule has 3 aliphatic heterocycles. The lowest BCUT2D eigenvalue weighted by atomic mass is 9.84. The molecule has 0 amide bonds. The van der Waals surface area contributed by atoms with E-state index in [9.17, 15) is 52.2 Å². The molecule has 0 radical (unpaired) electrons. The first-order valence-electron chi connectivity index (χ1n) is 8.54. The highest BCUT2D eigenvalue weighted by Crippen LogP contribution is 2.49. The number of hydrogen-bond acceptors (Lipinski definition) is 11. The average molecular weight is 540 g/mol. The maximum absolute atomic E-state index is 14.2. The van der Waals surface area contributed by atoms with Gasteiger partial charge in [0.2, 0.25) is 27.4 Å². The molecule has 184 valence electrons. The van der Waals surface area contributed by atoms with Crippen molar-refractivity contribution in [2.24, 2.45) is 5.92 Å². The number of hydrogen-bond donors (Lipinski definition) is 1. The van der Waals surface area contributed by atoms with Crippen LogP contribution in [0.1, 0.15) is 0 Å². The summed E-state index contributed by atoms with van der Waals surface area (Å²) in [5.74, 6) is -16.3. The molecule has 0 aliphatic carbocycles. The smallest absolute Gasteiger partial charge is 0.318 e. The molecule has 1 N–H and O–H groups in total. The van der Waals surface area contributed by atoms with Gasteiger partial charge in [-0.1, -0.05) is 0 Å². The molecule has 0 spiro atoms. The van der Waals surface area contributed by atoms with Crippen molar-refractivity contribution in [3.05, 3.63) is 23.3 Å². The minimum Gasteiger partial charge on any atom is -0.744 e. The van der Waals surface area contributed by atoms with E-state index in [4.69, 9.17) is 8.92 Å². The normalized spacial score (nSPS) is 32.3. The van der Waals surface area contributed by atoms with Gasteiger partial charge in [-0.25, -0.2) is 30.3 Å². The summed E-state index contributed by atoms with van der Waals surface area (Å²) < 4.78 is 153. The van der Waals surface area contributed by atoms with Crippen LogP contribution in [-0.4, -0.2) is 71.6 Å². The highest BCUT2D eigenvalue weighted by atomic mass is 32.2. The van der Waals surface area contributed by atoms with Crippen LogP contribution in [0.3, 0.4) is 0 Å². The van der Waals surface area contributed by atoms with Crippen molar-refractivity contribution in [1.29, 1.82) is 0 Å². The van der Waals surface area contributed by atoms with E-state index in [2.05, 4.69) is 9.46 Å². The van der Waals surface area contributed by atoms with Crippen LogP contribution in [0.4, 0.5) is 17.6 Å². The van der Waals surface area contributed by atoms with Crippen molar-refractivity contribution in [1.82, 2.24) is 4.72 Å². The van der Waals surface area contributed by atoms with Gasteiger partial charge in [-0.05, 0) is 0 Å². The summed E-state index contributed by atoms with van der Waals surface area (Å²) in [6.45, 7) is 0. The van der Waals surface area contributed by atoms with E-state index in [1.165, 1.54) is 0 Å². The first kappa shape index (κ1) is 24.2. The lowest BCUT2D eigenvalue weighted by molar-refractivity contribution is -0.142. The second kappa shape index (κ2) is 7.30. The molecule has 3 fully saturated rings. The van der Waals surface area contributed by atoms with Crippen LogP contribution in [0.5, 0.6) is 5.75 Å². The number of esters is 1. The molecule has 2 bridgehead atoms. The summed E-state index contributed by atoms with van der Waals surface area (Å²) in [7, 11) is -14.6. The summed E-state index contributed by atoms with van der Waals surface area (Å²) in [5.41, 5.74) is 0. The Morgan fingerprint density at radius 2 is 1.58 bits per heavy atom. The van der Waals surface area contributed by atoms with E-state index in [1.807, 2.05) is 0 Å². The van der Waals surface area contributed by atoms with Crippen molar-refractivity contribution >= 4 is 36.2 Å². The predicted molar refractivity (Wildman–Crippen MR) is 91.4 cm³/mol. The fourth-order valence-electron chi connectivity index (χ4n) is 4.12. The lowest BCUT2D eigenvalue weighted by Crippen LogP contribution is -2.51. The SMILES string of the molecule is CS(=O)(=O)OC1C2NS(=O)(=O)C3C2OC1C3C(=O)Oc1c(F)c(F)c(S(=O)(=O)[O-])c(F)c1F. The Morgan fingerprint density at radius 3 is 2.06 bits per heavy atom. The average Bonchev–Trinajstić information content (AvgIpc) is 3.24. The van der Waals surface area contributed by atoms with Crippen LogP contribution in [0.25, 0.3) is 0 Å². The summed E-state index contributed by atoms with van der Waals surface area (Å²) >= 11 is 0. The van der Waals surface area contributed by atoms with Crippen molar-refractivity contribution < 1.29 is 65.8 Å². The second-order valence-corrected chi connectivity index (χ2v) is 12.1. The van der Waals surface area contributed by atoms with Gasteiger partial charge in [-0.2, -0.15) is 17.2 Å². The summed E-state index contributed by atoms with van der Waals surface area (Å²) in [5, 5.41) is -1.73. The first-order chi connectivity index (χ1) is 15.0. The molecule has 19 heteroatoms. The molecule has 4 rings (SSSR count). The third-order valence-electron chi connectivity index (χ3n) is 5.23. The molecule has 0 saturated carbocycles. The quantitative estimate of drug-likeness (QED) is 0.114. The molecular weight excluding hydrogens is 530 g/mol. The molecule has 1 aromatic carbocycles. The monoisotopic (exact) mass is 540 g/mol. The standard InChI is InChI=1S/C14H11F4NO11S3/c1-31(21,22)30-10-7-11-12(32(23,24)19-7)2(8(10)28-11)14(20)29-9-3(15)5(17)13(33(25,26)27)6(18)4(9)16/h2,7-8,10-12,19H,1H3,(H,25,26,27)/p-1. The van der Waals surface area contributed by atoms with Gasteiger partial charge in [0.1, 0.15) is 38.4 Å². The van der Waals surface area contributed by atoms with Gasteiger partial charge in [0, 0.05) is 0 Å². The number of halogens is 4. The Morgan fingerprint density at radius 1 is 1.03 bits per heavy atom. The van der Waals surface area contributed by atoms with E-state index in [0.29, 0.717) is 6.26 Å². The van der Waals surface area contributed by atoms with E-state index >= 15 is 0 Å². The van der Waals surface area contributed by atoms with Gasteiger partial charge in [0.05, 0.1) is 18.4 Å². The molecule has 12 nitrogen and oxygen atoms in total. The highest BCUT2D eigenvalue weighted by Gasteiger charge is 2.72. The number of fused-ring (bicyclic) bond motifs is 1. The predicted octanol–water partition coefficient (Wildman–Crippen LogP) is -1.54. The molecule has 0 aromatic heterocycles. The molecule has 1 aromatic rings. The third-order valence-corrected chi connectivity index (χ3v) is 8.54. The van der Waals surface area contributed by atoms with Gasteiger partial charge in [-0.15, -0.1) is 0 Å². The third kappa shape index (κ3) is 3.70. The summed E-state index contributed by atoms with van der Waals surface area (Å²) in [4.78, 5) is 10.1. The number of nitrogens with one attached hydrogen (secondary N) is 1. The summed E-state index contributed by atoms with van der Waals surface area (Å²) in [6.07, 6.45) is -3.93. The van der Waals surface area contributed by atoms with E-state index in [-0.39, 0.29) is 0 Å². The van der Waals surface area contributed by atoms with Crippen LogP contribution in [0.15, 0.2) is 4.90 Å². The van der Waals surface area contributed by atoms with Crippen molar-refractivity contribution in [2.75, 3.05) is 6.26 Å². The fourth-order valence-corrected chi connectivity index (χ4v) is 7.42. The number of sulfonamides is 1. The zero-order valence-electron chi connectivity index (χ0n) is 15.7. The number of ether oxygens (including phenoxy) is 2. The molecule has 3 aliphatic rings. The Bertz CT molecular complexity index is 1370. The van der Waals surface area contributed by atoms with Crippen LogP contribution >= 0.6 is 0 Å². The Kier molecular flexibility index (Phi) is 5.36.